The molecule has 0 N–H and O–H groups in total. The van der Waals surface area contributed by atoms with Gasteiger partial charge in [-0.1, -0.05) is 105 Å². The Hall–Kier alpha value is -0.490. The third-order valence-corrected chi connectivity index (χ3v) is 6.69. The van der Waals surface area contributed by atoms with Crippen molar-refractivity contribution in [1.29, 1.82) is 0 Å². The van der Waals surface area contributed by atoms with Gasteiger partial charge in [-0.15, -0.1) is 0 Å². The summed E-state index contributed by atoms with van der Waals surface area (Å²) in [5.41, 5.74) is 0. The Morgan fingerprint density at radius 1 is 0.486 bits per heavy atom. The summed E-state index contributed by atoms with van der Waals surface area (Å²) in [6, 6.07) is 0. The highest BCUT2D eigenvalue weighted by Crippen LogP contribution is 2.20. The van der Waals surface area contributed by atoms with Crippen molar-refractivity contribution in [3.05, 3.63) is 0 Å². The molecular weight excluding hydrogens is 440 g/mol. The summed E-state index contributed by atoms with van der Waals surface area (Å²) >= 11 is 0. The highest BCUT2D eigenvalue weighted by molar-refractivity contribution is 5.82. The molecule has 0 spiro atoms. The van der Waals surface area contributed by atoms with E-state index in [9.17, 15) is 4.79 Å². The van der Waals surface area contributed by atoms with Crippen molar-refractivity contribution < 1.29 is 23.7 Å². The van der Waals surface area contributed by atoms with E-state index in [1.807, 2.05) is 0 Å². The summed E-state index contributed by atoms with van der Waals surface area (Å²) in [5.74, 6) is 1.25. The normalized spacial score (nSPS) is 11.7. The van der Waals surface area contributed by atoms with Crippen LogP contribution in [0.25, 0.3) is 0 Å². The van der Waals surface area contributed by atoms with Gasteiger partial charge in [-0.3, -0.25) is 4.79 Å². The van der Waals surface area contributed by atoms with Gasteiger partial charge in [0.25, 0.3) is 0 Å². The highest BCUT2D eigenvalue weighted by atomic mass is 16.6. The molecule has 0 unspecified atom stereocenters. The molecule has 0 saturated carbocycles. The van der Waals surface area contributed by atoms with Crippen LogP contribution < -0.4 is 0 Å². The minimum absolute atomic E-state index is 0.171. The van der Waals surface area contributed by atoms with Crippen LogP contribution in [0.1, 0.15) is 124 Å². The second-order valence-electron chi connectivity index (χ2n) is 9.98. The Kier molecular flexibility index (Phi) is 27.7. The number of ether oxygens (including phenoxy) is 4. The summed E-state index contributed by atoms with van der Waals surface area (Å²) < 4.78 is 22.5. The lowest BCUT2D eigenvalue weighted by molar-refractivity contribution is -0.128. The lowest BCUT2D eigenvalue weighted by Gasteiger charge is -2.16. The van der Waals surface area contributed by atoms with Gasteiger partial charge in [0.1, 0.15) is 6.61 Å². The Bertz CT molecular complexity index is 411. The second kappa shape index (κ2) is 28.1. The van der Waals surface area contributed by atoms with Crippen LogP contribution in [0.15, 0.2) is 0 Å². The fraction of sp³-hybridized carbons (Fsp3) is 0.967. The number of rotatable bonds is 29. The SMILES string of the molecule is CCCCCCC(CCCCCC)C(=O)COCCOCCOCCOCCC(CCC)CCC. The van der Waals surface area contributed by atoms with E-state index in [0.29, 0.717) is 39.6 Å². The average Bonchev–Trinajstić information content (AvgIpc) is 2.85. The van der Waals surface area contributed by atoms with Gasteiger partial charge in [-0.2, -0.15) is 0 Å². The van der Waals surface area contributed by atoms with E-state index in [1.54, 1.807) is 0 Å². The molecule has 0 amide bonds. The van der Waals surface area contributed by atoms with E-state index in [1.165, 1.54) is 64.2 Å². The van der Waals surface area contributed by atoms with Crippen LogP contribution in [0.3, 0.4) is 0 Å². The fourth-order valence-corrected chi connectivity index (χ4v) is 4.55. The van der Waals surface area contributed by atoms with E-state index < -0.39 is 0 Å². The first kappa shape index (κ1) is 34.5. The molecule has 0 aromatic carbocycles. The molecule has 0 radical (unpaired) electrons. The van der Waals surface area contributed by atoms with Gasteiger partial charge in [-0.25, -0.2) is 0 Å². The minimum atomic E-state index is 0.171. The lowest BCUT2D eigenvalue weighted by Crippen LogP contribution is -2.21. The molecule has 210 valence electrons. The maximum absolute atomic E-state index is 12.7. The quantitative estimate of drug-likeness (QED) is 0.0981. The van der Waals surface area contributed by atoms with Crippen molar-refractivity contribution in [3.8, 4) is 0 Å². The van der Waals surface area contributed by atoms with E-state index in [-0.39, 0.29) is 18.3 Å². The monoisotopic (exact) mass is 500 g/mol. The van der Waals surface area contributed by atoms with Gasteiger partial charge >= 0.3 is 0 Å². The van der Waals surface area contributed by atoms with Crippen molar-refractivity contribution in [1.82, 2.24) is 0 Å². The molecule has 5 nitrogen and oxygen atoms in total. The maximum Gasteiger partial charge on any atom is 0.161 e. The van der Waals surface area contributed by atoms with E-state index >= 15 is 0 Å². The minimum Gasteiger partial charge on any atom is -0.379 e. The number of carbonyl (C=O) groups excluding carboxylic acids is 1. The van der Waals surface area contributed by atoms with E-state index in [2.05, 4.69) is 27.7 Å². The number of Topliss-reactive ketones (excluding diaryl/α,β-unsaturated/α-hetero) is 1. The zero-order chi connectivity index (χ0) is 25.8. The zero-order valence-electron chi connectivity index (χ0n) is 24.0. The number of ketones is 1. The Labute approximate surface area is 218 Å². The van der Waals surface area contributed by atoms with Crippen LogP contribution in [-0.4, -0.2) is 58.6 Å². The number of carbonyl (C=O) groups is 1. The summed E-state index contributed by atoms with van der Waals surface area (Å²) in [4.78, 5) is 12.7. The third kappa shape index (κ3) is 23.6. The molecule has 5 heteroatoms. The van der Waals surface area contributed by atoms with Crippen LogP contribution in [-0.2, 0) is 23.7 Å². The number of hydrogen-bond acceptors (Lipinski definition) is 5. The molecular formula is C30H60O5. The molecule has 0 atom stereocenters. The summed E-state index contributed by atoms with van der Waals surface area (Å²) in [6.07, 6.45) is 18.1. The summed E-state index contributed by atoms with van der Waals surface area (Å²) in [6.45, 7) is 13.3. The summed E-state index contributed by atoms with van der Waals surface area (Å²) in [5, 5.41) is 0. The van der Waals surface area contributed by atoms with Crippen LogP contribution >= 0.6 is 0 Å². The molecule has 0 rings (SSSR count). The van der Waals surface area contributed by atoms with Gasteiger partial charge in [0, 0.05) is 12.5 Å². The summed E-state index contributed by atoms with van der Waals surface area (Å²) in [7, 11) is 0. The van der Waals surface area contributed by atoms with Gasteiger partial charge in [0.2, 0.25) is 0 Å². The number of hydrogen-bond donors (Lipinski definition) is 0. The van der Waals surface area contributed by atoms with Crippen molar-refractivity contribution in [2.75, 3.05) is 52.9 Å². The predicted octanol–water partition coefficient (Wildman–Crippen LogP) is 7.79. The first-order valence-electron chi connectivity index (χ1n) is 15.0. The third-order valence-electron chi connectivity index (χ3n) is 6.69. The van der Waals surface area contributed by atoms with Crippen LogP contribution in [0.4, 0.5) is 0 Å². The zero-order valence-corrected chi connectivity index (χ0v) is 24.0. The highest BCUT2D eigenvalue weighted by Gasteiger charge is 2.17. The van der Waals surface area contributed by atoms with Crippen LogP contribution in [0, 0.1) is 11.8 Å². The van der Waals surface area contributed by atoms with Crippen LogP contribution in [0.5, 0.6) is 0 Å². The topological polar surface area (TPSA) is 54.0 Å². The molecule has 35 heavy (non-hydrogen) atoms. The molecule has 0 heterocycles. The average molecular weight is 501 g/mol. The Morgan fingerprint density at radius 2 is 0.943 bits per heavy atom. The van der Waals surface area contributed by atoms with Gasteiger partial charge in [0.15, 0.2) is 5.78 Å². The Balaban J connectivity index is 3.69. The maximum atomic E-state index is 12.7. The van der Waals surface area contributed by atoms with E-state index in [0.717, 1.165) is 44.6 Å². The van der Waals surface area contributed by atoms with Gasteiger partial charge in [0.05, 0.1) is 39.6 Å². The molecule has 0 aliphatic carbocycles. The van der Waals surface area contributed by atoms with Gasteiger partial charge in [-0.05, 0) is 25.2 Å². The Morgan fingerprint density at radius 3 is 1.40 bits per heavy atom. The van der Waals surface area contributed by atoms with E-state index in [4.69, 9.17) is 18.9 Å². The molecule has 0 aliphatic rings. The predicted molar refractivity (Wildman–Crippen MR) is 147 cm³/mol. The van der Waals surface area contributed by atoms with Crippen molar-refractivity contribution in [3.63, 3.8) is 0 Å². The van der Waals surface area contributed by atoms with Crippen molar-refractivity contribution in [2.24, 2.45) is 11.8 Å². The molecule has 0 aliphatic heterocycles. The fourth-order valence-electron chi connectivity index (χ4n) is 4.55. The second-order valence-corrected chi connectivity index (χ2v) is 9.98. The first-order chi connectivity index (χ1) is 17.2. The molecule has 0 aromatic rings. The largest absolute Gasteiger partial charge is 0.379 e. The van der Waals surface area contributed by atoms with Crippen molar-refractivity contribution in [2.45, 2.75) is 124 Å². The number of unbranched alkanes of at least 4 members (excludes halogenated alkanes) is 6. The standard InChI is InChI=1S/C30H60O5/c1-5-9-11-13-17-29(18-14-12-10-6-2)30(31)27-35-26-25-34-24-23-33-22-21-32-20-19-28(15-7-3)16-8-4/h28-29H,5-27H2,1-4H3. The lowest BCUT2D eigenvalue weighted by atomic mass is 9.91. The molecule has 0 saturated heterocycles. The van der Waals surface area contributed by atoms with Gasteiger partial charge < -0.3 is 18.9 Å². The first-order valence-corrected chi connectivity index (χ1v) is 15.0. The molecule has 0 aromatic heterocycles. The molecule has 0 fully saturated rings. The van der Waals surface area contributed by atoms with Crippen molar-refractivity contribution >= 4 is 5.78 Å². The molecule has 0 bridgehead atoms. The van der Waals surface area contributed by atoms with Crippen LogP contribution in [0.2, 0.25) is 0 Å². The smallest absolute Gasteiger partial charge is 0.161 e.